The van der Waals surface area contributed by atoms with Crippen molar-refractivity contribution in [3.8, 4) is 0 Å². The number of fused-ring (bicyclic) bond motifs is 1. The molecular formula is C21H26F2N2O3. The lowest BCUT2D eigenvalue weighted by molar-refractivity contribution is -0.134. The van der Waals surface area contributed by atoms with Gasteiger partial charge in [-0.1, -0.05) is 38.5 Å². The molecule has 152 valence electrons. The van der Waals surface area contributed by atoms with Crippen LogP contribution in [0.3, 0.4) is 0 Å². The van der Waals surface area contributed by atoms with Crippen molar-refractivity contribution >= 4 is 22.6 Å². The van der Waals surface area contributed by atoms with Gasteiger partial charge in [-0.15, -0.1) is 0 Å². The molecule has 5 nitrogen and oxygen atoms in total. The number of H-pyrrole nitrogens is 1. The molecule has 2 N–H and O–H groups in total. The summed E-state index contributed by atoms with van der Waals surface area (Å²) in [5, 5.41) is 5.35. The van der Waals surface area contributed by atoms with E-state index in [1.165, 1.54) is 18.9 Å². The van der Waals surface area contributed by atoms with Crippen LogP contribution in [-0.2, 0) is 4.79 Å². The zero-order valence-corrected chi connectivity index (χ0v) is 15.8. The van der Waals surface area contributed by atoms with Crippen LogP contribution in [0.25, 0.3) is 11.0 Å². The molecular weight excluding hydrogens is 366 g/mol. The van der Waals surface area contributed by atoms with Gasteiger partial charge in [0.1, 0.15) is 0 Å². The van der Waals surface area contributed by atoms with Crippen LogP contribution in [-0.4, -0.2) is 17.0 Å². The summed E-state index contributed by atoms with van der Waals surface area (Å²) in [7, 11) is 0. The van der Waals surface area contributed by atoms with Gasteiger partial charge in [-0.3, -0.25) is 9.59 Å². The van der Waals surface area contributed by atoms with E-state index in [1.54, 1.807) is 12.1 Å². The Balaban J connectivity index is 1.55. The van der Waals surface area contributed by atoms with Gasteiger partial charge in [0.05, 0.1) is 5.39 Å². The Morgan fingerprint density at radius 2 is 1.89 bits per heavy atom. The van der Waals surface area contributed by atoms with E-state index in [9.17, 15) is 18.4 Å². The van der Waals surface area contributed by atoms with E-state index < -0.39 is 18.3 Å². The summed E-state index contributed by atoms with van der Waals surface area (Å²) < 4.78 is 33.3. The van der Waals surface area contributed by atoms with Crippen molar-refractivity contribution in [2.75, 3.05) is 5.32 Å². The first-order chi connectivity index (χ1) is 13.4. The van der Waals surface area contributed by atoms with Crippen LogP contribution in [0, 0.1) is 17.8 Å². The van der Waals surface area contributed by atoms with Gasteiger partial charge in [0.15, 0.2) is 5.58 Å². The van der Waals surface area contributed by atoms with Crippen LogP contribution in [0.1, 0.15) is 57.8 Å². The summed E-state index contributed by atoms with van der Waals surface area (Å²) >= 11 is 0. The van der Waals surface area contributed by atoms with Crippen LogP contribution >= 0.6 is 0 Å². The van der Waals surface area contributed by atoms with Crippen molar-refractivity contribution < 1.29 is 18.1 Å². The van der Waals surface area contributed by atoms with E-state index in [1.807, 2.05) is 0 Å². The van der Waals surface area contributed by atoms with E-state index in [-0.39, 0.29) is 23.8 Å². The average molecular weight is 392 g/mol. The first-order valence-electron chi connectivity index (χ1n) is 10.2. The number of halogens is 2. The topological polar surface area (TPSA) is 75.1 Å². The zero-order valence-electron chi connectivity index (χ0n) is 15.8. The normalized spacial score (nSPS) is 26.1. The van der Waals surface area contributed by atoms with Crippen LogP contribution < -0.4 is 10.9 Å². The monoisotopic (exact) mass is 392 g/mol. The van der Waals surface area contributed by atoms with Crippen molar-refractivity contribution in [2.24, 2.45) is 17.8 Å². The molecule has 2 aliphatic carbocycles. The molecule has 2 atom stereocenters. The van der Waals surface area contributed by atoms with Gasteiger partial charge in [0.2, 0.25) is 11.8 Å². The van der Waals surface area contributed by atoms with Gasteiger partial charge >= 0.3 is 0 Å². The number of aromatic amines is 1. The fourth-order valence-corrected chi connectivity index (χ4v) is 5.01. The molecule has 28 heavy (non-hydrogen) atoms. The van der Waals surface area contributed by atoms with Crippen LogP contribution in [0.4, 0.5) is 14.5 Å². The van der Waals surface area contributed by atoms with Gasteiger partial charge in [-0.05, 0) is 36.5 Å². The molecule has 0 radical (unpaired) electrons. The van der Waals surface area contributed by atoms with Crippen LogP contribution in [0.2, 0.25) is 0 Å². The van der Waals surface area contributed by atoms with Crippen molar-refractivity contribution in [3.63, 3.8) is 0 Å². The van der Waals surface area contributed by atoms with E-state index in [0.29, 0.717) is 29.0 Å². The summed E-state index contributed by atoms with van der Waals surface area (Å²) in [4.78, 5) is 24.7. The van der Waals surface area contributed by atoms with E-state index in [2.05, 4.69) is 10.5 Å². The number of hydrogen-bond donors (Lipinski definition) is 2. The molecule has 2 aromatic rings. The Morgan fingerprint density at radius 1 is 1.14 bits per heavy atom. The number of benzene rings is 1. The first kappa shape index (κ1) is 19.2. The van der Waals surface area contributed by atoms with Gasteiger partial charge in [0, 0.05) is 24.4 Å². The molecule has 1 aromatic carbocycles. The highest BCUT2D eigenvalue weighted by Gasteiger charge is 2.46. The maximum absolute atomic E-state index is 14.2. The predicted molar refractivity (Wildman–Crippen MR) is 102 cm³/mol. The smallest absolute Gasteiger partial charge is 0.287 e. The van der Waals surface area contributed by atoms with Crippen molar-refractivity contribution in [1.29, 1.82) is 0 Å². The van der Waals surface area contributed by atoms with Gasteiger partial charge in [-0.2, -0.15) is 5.16 Å². The minimum Gasteiger partial charge on any atom is -0.378 e. The highest BCUT2D eigenvalue weighted by Crippen LogP contribution is 2.46. The number of carbonyl (C=O) groups is 1. The van der Waals surface area contributed by atoms with E-state index in [0.717, 1.165) is 25.7 Å². The number of anilines is 1. The number of hydrogen-bond acceptors (Lipinski definition) is 3. The number of amides is 1. The largest absolute Gasteiger partial charge is 0.378 e. The zero-order chi connectivity index (χ0) is 19.7. The standard InChI is InChI=1S/C21H26F2N2O3/c22-21(23)10-9-15(13-5-3-1-2-4-6-13)17(12-21)19(26)24-14-7-8-18-16(11-14)20(27)25-28-18/h7-8,11,13,15,17H,1-6,9-10,12H2,(H,24,26)(H,25,27). The quantitative estimate of drug-likeness (QED) is 0.715. The molecule has 7 heteroatoms. The van der Waals surface area contributed by atoms with E-state index in [4.69, 9.17) is 4.52 Å². The number of rotatable bonds is 3. The Labute approximate surface area is 161 Å². The summed E-state index contributed by atoms with van der Waals surface area (Å²) in [6.07, 6.45) is 6.54. The minimum atomic E-state index is -2.80. The van der Waals surface area contributed by atoms with Crippen molar-refractivity contribution in [2.45, 2.75) is 63.7 Å². The van der Waals surface area contributed by atoms with Gasteiger partial charge in [0.25, 0.3) is 5.56 Å². The molecule has 0 spiro atoms. The first-order valence-corrected chi connectivity index (χ1v) is 10.2. The maximum atomic E-state index is 14.2. The third-order valence-electron chi connectivity index (χ3n) is 6.47. The second-order valence-corrected chi connectivity index (χ2v) is 8.35. The van der Waals surface area contributed by atoms with Gasteiger partial charge < -0.3 is 9.84 Å². The predicted octanol–water partition coefficient (Wildman–Crippen LogP) is 5.08. The molecule has 0 saturated heterocycles. The molecule has 2 saturated carbocycles. The van der Waals surface area contributed by atoms with E-state index >= 15 is 0 Å². The Morgan fingerprint density at radius 3 is 2.64 bits per heavy atom. The van der Waals surface area contributed by atoms with Crippen LogP contribution in [0.15, 0.2) is 27.5 Å². The Bertz CT molecular complexity index is 896. The summed E-state index contributed by atoms with van der Waals surface area (Å²) in [6, 6.07) is 4.73. The fraction of sp³-hybridized carbons (Fsp3) is 0.619. The van der Waals surface area contributed by atoms with Gasteiger partial charge in [-0.25, -0.2) is 8.78 Å². The maximum Gasteiger partial charge on any atom is 0.287 e. The summed E-state index contributed by atoms with van der Waals surface area (Å²) in [5.41, 5.74) is 0.438. The third-order valence-corrected chi connectivity index (χ3v) is 6.47. The molecule has 2 fully saturated rings. The van der Waals surface area contributed by atoms with Crippen molar-refractivity contribution in [1.82, 2.24) is 5.16 Å². The molecule has 2 unspecified atom stereocenters. The second-order valence-electron chi connectivity index (χ2n) is 8.35. The molecule has 1 amide bonds. The molecule has 2 aliphatic rings. The Hall–Kier alpha value is -2.18. The Kier molecular flexibility index (Phi) is 5.25. The number of carbonyl (C=O) groups excluding carboxylic acids is 1. The highest BCUT2D eigenvalue weighted by atomic mass is 19.3. The average Bonchev–Trinajstić information content (AvgIpc) is 2.86. The summed E-state index contributed by atoms with van der Waals surface area (Å²) in [6.45, 7) is 0. The highest BCUT2D eigenvalue weighted by molar-refractivity contribution is 5.95. The lowest BCUT2D eigenvalue weighted by Crippen LogP contribution is -2.42. The van der Waals surface area contributed by atoms with Crippen LogP contribution in [0.5, 0.6) is 0 Å². The molecule has 0 aliphatic heterocycles. The molecule has 1 heterocycles. The SMILES string of the molecule is O=C(Nc1ccc2o[nH]c(=O)c2c1)C1CC(F)(F)CCC1C1CCCCCC1. The number of aromatic nitrogens is 1. The lowest BCUT2D eigenvalue weighted by atomic mass is 9.68. The number of nitrogens with one attached hydrogen (secondary N) is 2. The number of alkyl halides is 2. The molecule has 0 bridgehead atoms. The third kappa shape index (κ3) is 3.98. The summed E-state index contributed by atoms with van der Waals surface area (Å²) in [5.74, 6) is -3.53. The minimum absolute atomic E-state index is 0.00113. The fourth-order valence-electron chi connectivity index (χ4n) is 5.01. The molecule has 4 rings (SSSR count). The second kappa shape index (κ2) is 7.68. The lowest BCUT2D eigenvalue weighted by Gasteiger charge is -2.39. The van der Waals surface area contributed by atoms with Crippen molar-refractivity contribution in [3.05, 3.63) is 28.6 Å². The molecule has 1 aromatic heterocycles.